The van der Waals surface area contributed by atoms with E-state index < -0.39 is 0 Å². The number of hydrogen-bond acceptors (Lipinski definition) is 3. The van der Waals surface area contributed by atoms with Crippen LogP contribution in [0, 0.1) is 5.82 Å². The Hall–Kier alpha value is -2.63. The Balaban J connectivity index is 0.00000199. The molecule has 1 amide bonds. The van der Waals surface area contributed by atoms with Crippen molar-refractivity contribution in [3.63, 3.8) is 0 Å². The highest BCUT2D eigenvalue weighted by Crippen LogP contribution is 2.32. The number of rotatable bonds is 8. The molecule has 0 spiro atoms. The predicted molar refractivity (Wildman–Crippen MR) is 143 cm³/mol. The van der Waals surface area contributed by atoms with Crippen LogP contribution in [0.1, 0.15) is 58.4 Å². The van der Waals surface area contributed by atoms with Gasteiger partial charge in [0.2, 0.25) is 0 Å². The highest BCUT2D eigenvalue weighted by molar-refractivity contribution is 6.40. The first-order chi connectivity index (χ1) is 16.4. The van der Waals surface area contributed by atoms with E-state index in [9.17, 15) is 9.18 Å². The predicted octanol–water partition coefficient (Wildman–Crippen LogP) is 8.02. The molecule has 0 saturated heterocycles. The molecule has 2 aromatic rings. The summed E-state index contributed by atoms with van der Waals surface area (Å²) in [4.78, 5) is 12.3. The molecule has 4 nitrogen and oxygen atoms in total. The molecule has 0 bridgehead atoms. The summed E-state index contributed by atoms with van der Waals surface area (Å²) >= 11 is 12.4. The fourth-order valence-corrected chi connectivity index (χ4v) is 4.01. The summed E-state index contributed by atoms with van der Waals surface area (Å²) in [6.07, 6.45) is 8.32. The molecule has 0 radical (unpaired) electrons. The van der Waals surface area contributed by atoms with Crippen molar-refractivity contribution in [3.8, 4) is 0 Å². The SMILES string of the molecule is CC.CNC(=O)C1=NN(c2ccc(Cl)cc2Cl)C=C(CCCC/C(C)=C\c2ccc(F)cc2)C1. The van der Waals surface area contributed by atoms with Gasteiger partial charge in [-0.3, -0.25) is 4.79 Å². The lowest BCUT2D eigenvalue weighted by molar-refractivity contribution is -0.114. The third-order valence-corrected chi connectivity index (χ3v) is 5.71. The molecular formula is C27H32Cl2FN3O. The Kier molecular flexibility index (Phi) is 11.3. The van der Waals surface area contributed by atoms with Crippen molar-refractivity contribution in [2.75, 3.05) is 12.1 Å². The standard InChI is InChI=1S/C25H26Cl2FN3O.C2H6/c1-17(13-18-7-10-21(28)11-8-18)5-3-4-6-19-14-23(25(32)29-2)30-31(16-19)24-12-9-20(26)15-22(24)27;1-2/h7-13,15-16H,3-6,14H2,1-2H3,(H,29,32);1-2H3/b17-13-;. The number of nitrogens with one attached hydrogen (secondary N) is 1. The van der Waals surface area contributed by atoms with Crippen LogP contribution < -0.4 is 10.3 Å². The highest BCUT2D eigenvalue weighted by Gasteiger charge is 2.21. The quantitative estimate of drug-likeness (QED) is 0.370. The maximum absolute atomic E-state index is 13.0. The van der Waals surface area contributed by atoms with Crippen LogP contribution in [0.5, 0.6) is 0 Å². The topological polar surface area (TPSA) is 44.7 Å². The van der Waals surface area contributed by atoms with Crippen molar-refractivity contribution < 1.29 is 9.18 Å². The number of unbranched alkanes of at least 4 members (excludes halogenated alkanes) is 1. The Morgan fingerprint density at radius 2 is 1.85 bits per heavy atom. The minimum absolute atomic E-state index is 0.205. The van der Waals surface area contributed by atoms with Crippen LogP contribution in [-0.4, -0.2) is 18.7 Å². The number of hydrazone groups is 1. The summed E-state index contributed by atoms with van der Waals surface area (Å²) in [5, 5.41) is 9.79. The van der Waals surface area contributed by atoms with Crippen LogP contribution >= 0.6 is 23.2 Å². The summed E-state index contributed by atoms with van der Waals surface area (Å²) in [6, 6.07) is 11.7. The van der Waals surface area contributed by atoms with Crippen molar-refractivity contribution >= 4 is 46.6 Å². The smallest absolute Gasteiger partial charge is 0.267 e. The molecule has 0 fully saturated rings. The minimum atomic E-state index is -0.228. The highest BCUT2D eigenvalue weighted by atomic mass is 35.5. The fraction of sp³-hybridized carbons (Fsp3) is 0.333. The normalized spacial score (nSPS) is 13.5. The average molecular weight is 504 g/mol. The lowest BCUT2D eigenvalue weighted by Crippen LogP contribution is -2.32. The Morgan fingerprint density at radius 1 is 1.15 bits per heavy atom. The fourth-order valence-electron chi connectivity index (χ4n) is 3.51. The lowest BCUT2D eigenvalue weighted by atomic mass is 9.99. The molecule has 0 atom stereocenters. The monoisotopic (exact) mass is 503 g/mol. The molecule has 1 aliphatic rings. The van der Waals surface area contributed by atoms with Gasteiger partial charge in [0, 0.05) is 24.7 Å². The summed E-state index contributed by atoms with van der Waals surface area (Å²) in [6.45, 7) is 6.09. The van der Waals surface area contributed by atoms with Crippen LogP contribution in [0.4, 0.5) is 10.1 Å². The number of nitrogens with zero attached hydrogens (tertiary/aromatic N) is 2. The van der Waals surface area contributed by atoms with Gasteiger partial charge >= 0.3 is 0 Å². The average Bonchev–Trinajstić information content (AvgIpc) is 2.84. The number of carbonyl (C=O) groups is 1. The van der Waals surface area contributed by atoms with Gasteiger partial charge in [-0.15, -0.1) is 0 Å². The summed E-state index contributed by atoms with van der Waals surface area (Å²) < 4.78 is 13.0. The maximum Gasteiger partial charge on any atom is 0.267 e. The number of benzene rings is 2. The molecule has 1 aliphatic heterocycles. The van der Waals surface area contributed by atoms with Gasteiger partial charge < -0.3 is 5.32 Å². The van der Waals surface area contributed by atoms with Gasteiger partial charge in [-0.2, -0.15) is 5.10 Å². The van der Waals surface area contributed by atoms with Gasteiger partial charge in [0.05, 0.1) is 10.7 Å². The Bertz CT molecular complexity index is 1060. The zero-order valence-corrected chi connectivity index (χ0v) is 21.7. The largest absolute Gasteiger partial charge is 0.354 e. The van der Waals surface area contributed by atoms with Crippen molar-refractivity contribution in [3.05, 3.63) is 81.2 Å². The number of anilines is 1. The van der Waals surface area contributed by atoms with E-state index in [0.717, 1.165) is 36.8 Å². The maximum atomic E-state index is 13.0. The zero-order chi connectivity index (χ0) is 25.1. The molecule has 34 heavy (non-hydrogen) atoms. The first-order valence-corrected chi connectivity index (χ1v) is 12.3. The van der Waals surface area contributed by atoms with Crippen LogP contribution in [0.15, 0.2) is 64.9 Å². The molecule has 0 unspecified atom stereocenters. The molecule has 0 aromatic heterocycles. The molecule has 182 valence electrons. The third-order valence-electron chi connectivity index (χ3n) is 5.18. The van der Waals surface area contributed by atoms with E-state index in [1.54, 1.807) is 42.4 Å². The number of amides is 1. The van der Waals surface area contributed by atoms with E-state index >= 15 is 0 Å². The van der Waals surface area contributed by atoms with Gasteiger partial charge in [-0.25, -0.2) is 9.40 Å². The molecule has 2 aromatic carbocycles. The minimum Gasteiger partial charge on any atom is -0.354 e. The second kappa shape index (κ2) is 13.9. The number of hydrogen-bond donors (Lipinski definition) is 1. The second-order valence-electron chi connectivity index (χ2n) is 7.78. The summed E-state index contributed by atoms with van der Waals surface area (Å²) in [5.74, 6) is -0.432. The van der Waals surface area contributed by atoms with E-state index in [-0.39, 0.29) is 11.7 Å². The van der Waals surface area contributed by atoms with Crippen molar-refractivity contribution in [2.24, 2.45) is 5.10 Å². The van der Waals surface area contributed by atoms with Gasteiger partial charge in [0.25, 0.3) is 5.91 Å². The van der Waals surface area contributed by atoms with E-state index in [2.05, 4.69) is 23.4 Å². The van der Waals surface area contributed by atoms with Crippen molar-refractivity contribution in [1.82, 2.24) is 5.32 Å². The van der Waals surface area contributed by atoms with E-state index in [1.165, 1.54) is 17.7 Å². The van der Waals surface area contributed by atoms with E-state index in [1.807, 2.05) is 20.0 Å². The number of allylic oxidation sites excluding steroid dienone is 2. The zero-order valence-electron chi connectivity index (χ0n) is 20.2. The van der Waals surface area contributed by atoms with Gasteiger partial charge in [-0.05, 0) is 74.1 Å². The first-order valence-electron chi connectivity index (χ1n) is 11.5. The molecule has 0 saturated carbocycles. The second-order valence-corrected chi connectivity index (χ2v) is 8.62. The van der Waals surface area contributed by atoms with Gasteiger partial charge in [0.15, 0.2) is 0 Å². The summed E-state index contributed by atoms with van der Waals surface area (Å²) in [7, 11) is 1.60. The molecule has 0 aliphatic carbocycles. The molecule has 1 N–H and O–H groups in total. The molecule has 7 heteroatoms. The number of halogens is 3. The molecule has 3 rings (SSSR count). The van der Waals surface area contributed by atoms with Crippen LogP contribution in [0.3, 0.4) is 0 Å². The van der Waals surface area contributed by atoms with Crippen molar-refractivity contribution in [2.45, 2.75) is 52.9 Å². The van der Waals surface area contributed by atoms with Gasteiger partial charge in [0.1, 0.15) is 11.5 Å². The third kappa shape index (κ3) is 8.30. The first kappa shape index (κ1) is 27.6. The van der Waals surface area contributed by atoms with Crippen LogP contribution in [0.2, 0.25) is 10.0 Å². The van der Waals surface area contributed by atoms with E-state index in [4.69, 9.17) is 23.2 Å². The van der Waals surface area contributed by atoms with Crippen LogP contribution in [-0.2, 0) is 4.79 Å². The van der Waals surface area contributed by atoms with Crippen LogP contribution in [0.25, 0.3) is 6.08 Å². The summed E-state index contributed by atoms with van der Waals surface area (Å²) in [5.41, 5.74) is 4.48. The Morgan fingerprint density at radius 3 is 2.50 bits per heavy atom. The molecular weight excluding hydrogens is 472 g/mol. The molecule has 1 heterocycles. The number of carbonyl (C=O) groups excluding carboxylic acids is 1. The van der Waals surface area contributed by atoms with Gasteiger partial charge in [-0.1, -0.05) is 60.8 Å². The van der Waals surface area contributed by atoms with E-state index in [0.29, 0.717) is 27.9 Å². The lowest BCUT2D eigenvalue weighted by Gasteiger charge is -2.24. The van der Waals surface area contributed by atoms with Crippen molar-refractivity contribution in [1.29, 1.82) is 0 Å². The Labute approximate surface area is 212 Å².